The van der Waals surface area contributed by atoms with E-state index in [9.17, 15) is 32.6 Å². The average molecular weight is 453 g/mol. The van der Waals surface area contributed by atoms with Crippen LogP contribution in [0.3, 0.4) is 0 Å². The van der Waals surface area contributed by atoms with E-state index in [1.165, 1.54) is 7.11 Å². The van der Waals surface area contributed by atoms with Crippen molar-refractivity contribution in [3.8, 4) is 0 Å². The zero-order valence-electron chi connectivity index (χ0n) is 16.7. The fourth-order valence-electron chi connectivity index (χ4n) is 3.41. The minimum atomic E-state index is -4.94. The van der Waals surface area contributed by atoms with E-state index in [0.717, 1.165) is 11.0 Å². The second-order valence-electron chi connectivity index (χ2n) is 6.95. The third-order valence-electron chi connectivity index (χ3n) is 4.85. The molecule has 1 aliphatic heterocycles. The molecule has 7 nitrogen and oxygen atoms in total. The molecule has 1 heterocycles. The van der Waals surface area contributed by atoms with E-state index in [0.29, 0.717) is 17.7 Å². The number of benzene rings is 2. The number of nitrogens with two attached hydrogens (primary N) is 1. The normalized spacial score (nSPS) is 17.8. The summed E-state index contributed by atoms with van der Waals surface area (Å²) in [5.74, 6) is -4.40. The van der Waals surface area contributed by atoms with Gasteiger partial charge in [0.05, 0.1) is 5.56 Å². The second kappa shape index (κ2) is 8.87. The molecule has 4 N–H and O–H groups in total. The smallest absolute Gasteiger partial charge is 0.419 e. The molecule has 170 valence electrons. The Morgan fingerprint density at radius 1 is 1.22 bits per heavy atom. The lowest BCUT2D eigenvalue weighted by atomic mass is 10.0. The number of hydrogen-bond acceptors (Lipinski definition) is 6. The van der Waals surface area contributed by atoms with Gasteiger partial charge < -0.3 is 25.6 Å². The minimum absolute atomic E-state index is 0.0465. The third kappa shape index (κ3) is 4.52. The highest BCUT2D eigenvalue weighted by molar-refractivity contribution is 5.95. The van der Waals surface area contributed by atoms with E-state index < -0.39 is 53.8 Å². The lowest BCUT2D eigenvalue weighted by Gasteiger charge is -2.37. The fourth-order valence-corrected chi connectivity index (χ4v) is 3.41. The van der Waals surface area contributed by atoms with Crippen LogP contribution in [0.5, 0.6) is 0 Å². The minimum Gasteiger partial charge on any atom is -0.505 e. The summed E-state index contributed by atoms with van der Waals surface area (Å²) in [6, 6.07) is 9.16. The summed E-state index contributed by atoms with van der Waals surface area (Å²) in [7, 11) is 1.33. The maximum absolute atomic E-state index is 13.7. The Morgan fingerprint density at radius 2 is 1.88 bits per heavy atom. The number of primary amides is 1. The number of rotatable bonds is 6. The van der Waals surface area contributed by atoms with Crippen molar-refractivity contribution in [3.63, 3.8) is 0 Å². The van der Waals surface area contributed by atoms with Gasteiger partial charge in [-0.1, -0.05) is 36.4 Å². The van der Waals surface area contributed by atoms with Crippen molar-refractivity contribution in [1.82, 2.24) is 4.90 Å². The molecule has 2 atom stereocenters. The number of carbonyl (C=O) groups excluding carboxylic acids is 1. The summed E-state index contributed by atoms with van der Waals surface area (Å²) < 4.78 is 58.6. The molecule has 2 aromatic carbocycles. The highest BCUT2D eigenvalue weighted by atomic mass is 19.4. The largest absolute Gasteiger partial charge is 0.505 e. The molecule has 2 unspecified atom stereocenters. The summed E-state index contributed by atoms with van der Waals surface area (Å²) in [4.78, 5) is 17.1. The number of amidine groups is 1. The summed E-state index contributed by atoms with van der Waals surface area (Å²) in [6.45, 7) is -0.431. The lowest BCUT2D eigenvalue weighted by molar-refractivity contribution is -0.140. The first kappa shape index (κ1) is 23.1. The number of ether oxygens (including phenoxy) is 1. The molecule has 1 aliphatic rings. The standard InChI is InChI=1S/C21H19F4N3O4/c1-32-17(12-5-3-2-4-6-12)19-27-20(31)16(29)15(18(26)30)28(19)10-11-7-8-14(22)13(9-11)21(23,24)25/h2-9,15,17,29,31H,10H2,1H3,(H2,26,30). The van der Waals surface area contributed by atoms with E-state index in [1.54, 1.807) is 30.3 Å². The fraction of sp³-hybridized carbons (Fsp3) is 0.238. The highest BCUT2D eigenvalue weighted by Gasteiger charge is 2.40. The van der Waals surface area contributed by atoms with E-state index >= 15 is 0 Å². The molecule has 0 saturated carbocycles. The van der Waals surface area contributed by atoms with Crippen molar-refractivity contribution in [2.24, 2.45) is 10.7 Å². The van der Waals surface area contributed by atoms with Crippen molar-refractivity contribution in [2.75, 3.05) is 7.11 Å². The Balaban J connectivity index is 2.11. The summed E-state index contributed by atoms with van der Waals surface area (Å²) in [5, 5.41) is 20.3. The van der Waals surface area contributed by atoms with Gasteiger partial charge in [0.2, 0.25) is 5.91 Å². The topological polar surface area (TPSA) is 108 Å². The first-order valence-electron chi connectivity index (χ1n) is 9.24. The average Bonchev–Trinajstić information content (AvgIpc) is 2.73. The molecule has 0 bridgehead atoms. The number of hydrogen-bond donors (Lipinski definition) is 3. The Labute approximate surface area is 180 Å². The van der Waals surface area contributed by atoms with Gasteiger partial charge in [-0.15, -0.1) is 0 Å². The first-order valence-corrected chi connectivity index (χ1v) is 9.24. The molecular formula is C21H19F4N3O4. The Kier molecular flexibility index (Phi) is 6.40. The monoisotopic (exact) mass is 453 g/mol. The molecule has 0 saturated heterocycles. The number of amides is 1. The molecule has 3 rings (SSSR count). The first-order chi connectivity index (χ1) is 15.0. The van der Waals surface area contributed by atoms with Crippen molar-refractivity contribution in [3.05, 3.63) is 82.7 Å². The maximum atomic E-state index is 13.7. The predicted octanol–water partition coefficient (Wildman–Crippen LogP) is 3.59. The van der Waals surface area contributed by atoms with Gasteiger partial charge in [-0.25, -0.2) is 4.39 Å². The molecular weight excluding hydrogens is 434 g/mol. The molecule has 0 radical (unpaired) electrons. The molecule has 32 heavy (non-hydrogen) atoms. The third-order valence-corrected chi connectivity index (χ3v) is 4.85. The van der Waals surface area contributed by atoms with Crippen LogP contribution < -0.4 is 5.73 Å². The summed E-state index contributed by atoms with van der Waals surface area (Å²) in [6.07, 6.45) is -5.92. The Bertz CT molecular complexity index is 1070. The van der Waals surface area contributed by atoms with Gasteiger partial charge in [-0.3, -0.25) is 4.79 Å². The maximum Gasteiger partial charge on any atom is 0.419 e. The van der Waals surface area contributed by atoms with Crippen molar-refractivity contribution < 1.29 is 37.3 Å². The molecule has 0 spiro atoms. The number of methoxy groups -OCH3 is 1. The van der Waals surface area contributed by atoms with Crippen molar-refractivity contribution in [2.45, 2.75) is 24.9 Å². The molecule has 0 fully saturated rings. The molecule has 1 amide bonds. The molecule has 0 aromatic heterocycles. The Morgan fingerprint density at radius 3 is 2.44 bits per heavy atom. The molecule has 0 aliphatic carbocycles. The van der Waals surface area contributed by atoms with Gasteiger partial charge in [0.1, 0.15) is 17.8 Å². The number of alkyl halides is 3. The van der Waals surface area contributed by atoms with Crippen LogP contribution >= 0.6 is 0 Å². The van der Waals surface area contributed by atoms with Gasteiger partial charge in [-0.05, 0) is 23.3 Å². The highest BCUT2D eigenvalue weighted by Crippen LogP contribution is 2.34. The number of halogens is 4. The molecule has 11 heteroatoms. The lowest BCUT2D eigenvalue weighted by Crippen LogP contribution is -2.52. The number of carbonyl (C=O) groups is 1. The SMILES string of the molecule is COC(C1=NC(O)=C(O)C(C(N)=O)N1Cc1ccc(F)c(C(F)(F)F)c1)c1ccccc1. The van der Waals surface area contributed by atoms with Crippen LogP contribution in [0.2, 0.25) is 0 Å². The van der Waals surface area contributed by atoms with Crippen molar-refractivity contribution >= 4 is 11.7 Å². The number of aliphatic hydroxyl groups excluding tert-OH is 2. The van der Waals surface area contributed by atoms with Crippen LogP contribution in [0.1, 0.15) is 22.8 Å². The number of aliphatic imine (C=N–C) groups is 1. The zero-order valence-corrected chi connectivity index (χ0v) is 16.7. The van der Waals surface area contributed by atoms with E-state index in [4.69, 9.17) is 10.5 Å². The van der Waals surface area contributed by atoms with Crippen LogP contribution in [-0.4, -0.2) is 40.0 Å². The van der Waals surface area contributed by atoms with Gasteiger partial charge in [0.25, 0.3) is 5.88 Å². The van der Waals surface area contributed by atoms with E-state index in [2.05, 4.69) is 4.99 Å². The van der Waals surface area contributed by atoms with Crippen molar-refractivity contribution in [1.29, 1.82) is 0 Å². The van der Waals surface area contributed by atoms with Crippen LogP contribution in [0.25, 0.3) is 0 Å². The van der Waals surface area contributed by atoms with Gasteiger partial charge in [0, 0.05) is 13.7 Å². The number of nitrogens with zero attached hydrogens (tertiary/aromatic N) is 2. The predicted molar refractivity (Wildman–Crippen MR) is 106 cm³/mol. The quantitative estimate of drug-likeness (QED) is 0.580. The van der Waals surface area contributed by atoms with Crippen LogP contribution in [-0.2, 0) is 22.3 Å². The van der Waals surface area contributed by atoms with Crippen LogP contribution in [0.15, 0.2) is 65.2 Å². The van der Waals surface area contributed by atoms with E-state index in [-0.39, 0.29) is 11.4 Å². The van der Waals surface area contributed by atoms with Crippen LogP contribution in [0, 0.1) is 5.82 Å². The summed E-state index contributed by atoms with van der Waals surface area (Å²) >= 11 is 0. The zero-order chi connectivity index (χ0) is 23.6. The molecule has 2 aromatic rings. The van der Waals surface area contributed by atoms with Crippen LogP contribution in [0.4, 0.5) is 17.6 Å². The van der Waals surface area contributed by atoms with Gasteiger partial charge in [-0.2, -0.15) is 18.2 Å². The Hall–Kier alpha value is -3.60. The second-order valence-corrected chi connectivity index (χ2v) is 6.95. The van der Waals surface area contributed by atoms with Gasteiger partial charge in [0.15, 0.2) is 11.8 Å². The van der Waals surface area contributed by atoms with E-state index in [1.807, 2.05) is 0 Å². The summed E-state index contributed by atoms with van der Waals surface area (Å²) in [5.41, 5.74) is 4.42. The number of aliphatic hydroxyl groups is 2. The van der Waals surface area contributed by atoms with Gasteiger partial charge >= 0.3 is 6.18 Å².